The second kappa shape index (κ2) is 6.12. The normalized spacial score (nSPS) is 15.5. The van der Waals surface area contributed by atoms with E-state index >= 15 is 0 Å². The summed E-state index contributed by atoms with van der Waals surface area (Å²) in [5.41, 5.74) is 3.20. The third-order valence-corrected chi connectivity index (χ3v) is 3.84. The summed E-state index contributed by atoms with van der Waals surface area (Å²) in [5, 5.41) is 5.63. The van der Waals surface area contributed by atoms with Crippen LogP contribution >= 0.6 is 0 Å². The van der Waals surface area contributed by atoms with Gasteiger partial charge in [-0.2, -0.15) is 0 Å². The second-order valence-corrected chi connectivity index (χ2v) is 5.57. The lowest BCUT2D eigenvalue weighted by molar-refractivity contribution is -0.122. The highest BCUT2D eigenvalue weighted by Gasteiger charge is 2.29. The smallest absolute Gasteiger partial charge is 0.265 e. The number of anilines is 2. The molecule has 118 valence electrons. The van der Waals surface area contributed by atoms with Crippen molar-refractivity contribution in [3.8, 4) is 5.75 Å². The van der Waals surface area contributed by atoms with E-state index in [1.54, 1.807) is 18.2 Å². The molecule has 0 saturated heterocycles. The third-order valence-electron chi connectivity index (χ3n) is 3.84. The van der Waals surface area contributed by atoms with Gasteiger partial charge in [0.05, 0.1) is 0 Å². The summed E-state index contributed by atoms with van der Waals surface area (Å²) in [4.78, 5) is 23.7. The zero-order valence-corrected chi connectivity index (χ0v) is 13.1. The predicted molar refractivity (Wildman–Crippen MR) is 88.7 cm³/mol. The Kier molecular flexibility index (Phi) is 4.02. The van der Waals surface area contributed by atoms with Crippen molar-refractivity contribution in [3.63, 3.8) is 0 Å². The lowest BCUT2D eigenvalue weighted by Gasteiger charge is -2.15. The number of ether oxygens (including phenoxy) is 1. The van der Waals surface area contributed by atoms with Gasteiger partial charge in [0.25, 0.3) is 5.91 Å². The number of carbonyl (C=O) groups is 2. The van der Waals surface area contributed by atoms with Gasteiger partial charge in [-0.05, 0) is 36.2 Å². The SMILES string of the molecule is CC(=O)Nc1cccc(NC(=O)C2Cc3ccccc3O2)c1C. The van der Waals surface area contributed by atoms with Gasteiger partial charge in [-0.15, -0.1) is 0 Å². The van der Waals surface area contributed by atoms with Crippen molar-refractivity contribution in [1.29, 1.82) is 0 Å². The Bertz CT molecular complexity index is 746. The summed E-state index contributed by atoms with van der Waals surface area (Å²) in [7, 11) is 0. The van der Waals surface area contributed by atoms with Gasteiger partial charge in [-0.3, -0.25) is 9.59 Å². The van der Waals surface area contributed by atoms with Crippen molar-refractivity contribution in [2.75, 3.05) is 10.6 Å². The number of hydrogen-bond acceptors (Lipinski definition) is 3. The van der Waals surface area contributed by atoms with Crippen molar-refractivity contribution >= 4 is 23.2 Å². The zero-order valence-electron chi connectivity index (χ0n) is 13.1. The molecule has 23 heavy (non-hydrogen) atoms. The quantitative estimate of drug-likeness (QED) is 0.916. The summed E-state index contributed by atoms with van der Waals surface area (Å²) in [6.07, 6.45) is 0.0307. The average Bonchev–Trinajstić information content (AvgIpc) is 2.95. The van der Waals surface area contributed by atoms with Gasteiger partial charge >= 0.3 is 0 Å². The maximum absolute atomic E-state index is 12.4. The number of hydrogen-bond donors (Lipinski definition) is 2. The number of rotatable bonds is 3. The Morgan fingerprint density at radius 1 is 1.04 bits per heavy atom. The van der Waals surface area contributed by atoms with E-state index in [-0.39, 0.29) is 11.8 Å². The number of amides is 2. The molecule has 0 fully saturated rings. The summed E-state index contributed by atoms with van der Waals surface area (Å²) < 4.78 is 5.69. The first-order valence-corrected chi connectivity index (χ1v) is 7.47. The molecule has 2 aromatic rings. The lowest BCUT2D eigenvalue weighted by atomic mass is 10.1. The van der Waals surface area contributed by atoms with E-state index < -0.39 is 6.10 Å². The molecule has 1 aliphatic rings. The molecule has 0 radical (unpaired) electrons. The minimum absolute atomic E-state index is 0.147. The Morgan fingerprint density at radius 3 is 2.43 bits per heavy atom. The summed E-state index contributed by atoms with van der Waals surface area (Å²) in [6, 6.07) is 13.0. The molecule has 1 atom stereocenters. The maximum Gasteiger partial charge on any atom is 0.265 e. The minimum atomic E-state index is -0.531. The Balaban J connectivity index is 1.73. The van der Waals surface area contributed by atoms with E-state index in [1.807, 2.05) is 31.2 Å². The fourth-order valence-electron chi connectivity index (χ4n) is 2.64. The van der Waals surface area contributed by atoms with Gasteiger partial charge in [0.2, 0.25) is 5.91 Å². The molecule has 0 bridgehead atoms. The van der Waals surface area contributed by atoms with Gasteiger partial charge in [0.15, 0.2) is 6.10 Å². The predicted octanol–water partition coefficient (Wildman–Crippen LogP) is 2.90. The number of para-hydroxylation sites is 1. The molecule has 0 aromatic heterocycles. The average molecular weight is 310 g/mol. The molecule has 0 spiro atoms. The van der Waals surface area contributed by atoms with Crippen LogP contribution in [-0.4, -0.2) is 17.9 Å². The van der Waals surface area contributed by atoms with Gasteiger partial charge in [-0.1, -0.05) is 24.3 Å². The first-order chi connectivity index (χ1) is 11.0. The van der Waals surface area contributed by atoms with Crippen LogP contribution in [0.15, 0.2) is 42.5 Å². The molecular weight excluding hydrogens is 292 g/mol. The van der Waals surface area contributed by atoms with Crippen molar-refractivity contribution in [3.05, 3.63) is 53.6 Å². The van der Waals surface area contributed by atoms with E-state index in [9.17, 15) is 9.59 Å². The van der Waals surface area contributed by atoms with E-state index in [4.69, 9.17) is 4.74 Å². The molecule has 5 nitrogen and oxygen atoms in total. The molecule has 2 N–H and O–H groups in total. The molecule has 1 heterocycles. The summed E-state index contributed by atoms with van der Waals surface area (Å²) >= 11 is 0. The highest BCUT2D eigenvalue weighted by atomic mass is 16.5. The number of nitrogens with one attached hydrogen (secondary N) is 2. The van der Waals surface area contributed by atoms with Crippen molar-refractivity contribution in [2.24, 2.45) is 0 Å². The number of benzene rings is 2. The zero-order chi connectivity index (χ0) is 16.4. The molecule has 1 unspecified atom stereocenters. The molecule has 0 aliphatic carbocycles. The van der Waals surface area contributed by atoms with Crippen LogP contribution in [0.5, 0.6) is 5.75 Å². The fourth-order valence-corrected chi connectivity index (χ4v) is 2.64. The standard InChI is InChI=1S/C18H18N2O3/c1-11-14(19-12(2)21)7-5-8-15(11)20-18(22)17-10-13-6-3-4-9-16(13)23-17/h3-9,17H,10H2,1-2H3,(H,19,21)(H,20,22). The summed E-state index contributed by atoms with van der Waals surface area (Å²) in [6.45, 7) is 3.30. The van der Waals surface area contributed by atoms with Crippen LogP contribution in [0.25, 0.3) is 0 Å². The Morgan fingerprint density at radius 2 is 1.74 bits per heavy atom. The van der Waals surface area contributed by atoms with Crippen molar-refractivity contribution < 1.29 is 14.3 Å². The van der Waals surface area contributed by atoms with Crippen LogP contribution in [0.1, 0.15) is 18.1 Å². The minimum Gasteiger partial charge on any atom is -0.480 e. The Hall–Kier alpha value is -2.82. The van der Waals surface area contributed by atoms with Gasteiger partial charge in [0.1, 0.15) is 5.75 Å². The molecule has 1 aliphatic heterocycles. The van der Waals surface area contributed by atoms with E-state index in [1.165, 1.54) is 6.92 Å². The topological polar surface area (TPSA) is 67.4 Å². The molecule has 2 aromatic carbocycles. The highest BCUT2D eigenvalue weighted by molar-refractivity contribution is 5.97. The van der Waals surface area contributed by atoms with Crippen LogP contribution in [0.4, 0.5) is 11.4 Å². The van der Waals surface area contributed by atoms with Gasteiger partial charge in [0, 0.05) is 24.7 Å². The van der Waals surface area contributed by atoms with Gasteiger partial charge < -0.3 is 15.4 Å². The van der Waals surface area contributed by atoms with Gasteiger partial charge in [-0.25, -0.2) is 0 Å². The number of carbonyl (C=O) groups excluding carboxylic acids is 2. The highest BCUT2D eigenvalue weighted by Crippen LogP contribution is 2.29. The molecule has 0 saturated carbocycles. The molecule has 2 amide bonds. The van der Waals surface area contributed by atoms with E-state index in [0.29, 0.717) is 17.8 Å². The van der Waals surface area contributed by atoms with Crippen molar-refractivity contribution in [2.45, 2.75) is 26.4 Å². The Labute approximate surface area is 134 Å². The first-order valence-electron chi connectivity index (χ1n) is 7.47. The van der Waals surface area contributed by atoms with Crippen LogP contribution < -0.4 is 15.4 Å². The fraction of sp³-hybridized carbons (Fsp3) is 0.222. The van der Waals surface area contributed by atoms with Crippen LogP contribution in [0.2, 0.25) is 0 Å². The van der Waals surface area contributed by atoms with E-state index in [0.717, 1.165) is 16.9 Å². The maximum atomic E-state index is 12.4. The summed E-state index contributed by atoms with van der Waals surface area (Å²) in [5.74, 6) is 0.423. The lowest BCUT2D eigenvalue weighted by Crippen LogP contribution is -2.31. The van der Waals surface area contributed by atoms with Crippen LogP contribution in [-0.2, 0) is 16.0 Å². The largest absolute Gasteiger partial charge is 0.480 e. The van der Waals surface area contributed by atoms with Crippen LogP contribution in [0.3, 0.4) is 0 Å². The van der Waals surface area contributed by atoms with Crippen molar-refractivity contribution in [1.82, 2.24) is 0 Å². The second-order valence-electron chi connectivity index (χ2n) is 5.57. The first kappa shape index (κ1) is 15.1. The van der Waals surface area contributed by atoms with Crippen LogP contribution in [0, 0.1) is 6.92 Å². The molecule has 5 heteroatoms. The molecular formula is C18H18N2O3. The molecule has 3 rings (SSSR count). The monoisotopic (exact) mass is 310 g/mol. The third kappa shape index (κ3) is 3.18. The number of fused-ring (bicyclic) bond motifs is 1. The van der Waals surface area contributed by atoms with E-state index in [2.05, 4.69) is 10.6 Å².